The molecule has 4 rings (SSSR count). The van der Waals surface area contributed by atoms with E-state index in [1.165, 1.54) is 69.8 Å². The van der Waals surface area contributed by atoms with Crippen molar-refractivity contribution >= 4 is 0 Å². The maximum atomic E-state index is 6.15. The van der Waals surface area contributed by atoms with Crippen LogP contribution in [-0.2, 0) is 0 Å². The molecule has 0 heterocycles. The van der Waals surface area contributed by atoms with Gasteiger partial charge in [-0.05, 0) is 113 Å². The van der Waals surface area contributed by atoms with Gasteiger partial charge in [0.05, 0.1) is 0 Å². The Labute approximate surface area is 155 Å². The minimum Gasteiger partial charge on any atom is -0.327 e. The molecule has 2 N–H and O–H groups in total. The van der Waals surface area contributed by atoms with Crippen LogP contribution in [0.25, 0.3) is 0 Å². The smallest absolute Gasteiger partial charge is 0.00817 e. The number of hydrogen-bond acceptors (Lipinski definition) is 1. The molecule has 0 aromatic carbocycles. The van der Waals surface area contributed by atoms with Gasteiger partial charge < -0.3 is 5.73 Å². The molecular weight excluding hydrogens is 302 g/mol. The average Bonchev–Trinajstić information content (AvgIpc) is 3.25. The minimum absolute atomic E-state index is 0.392. The monoisotopic (exact) mass is 341 g/mol. The van der Waals surface area contributed by atoms with Gasteiger partial charge in [0.2, 0.25) is 0 Å². The molecule has 0 saturated heterocycles. The molecule has 0 aromatic heterocycles. The summed E-state index contributed by atoms with van der Waals surface area (Å²) in [6.07, 6.45) is 15.3. The molecule has 25 heavy (non-hydrogen) atoms. The van der Waals surface area contributed by atoms with Crippen LogP contribution in [-0.4, -0.2) is 6.04 Å². The van der Waals surface area contributed by atoms with Gasteiger partial charge >= 0.3 is 0 Å². The van der Waals surface area contributed by atoms with Crippen molar-refractivity contribution in [1.29, 1.82) is 0 Å². The lowest BCUT2D eigenvalue weighted by Crippen LogP contribution is -2.20. The Bertz CT molecular complexity index is 540. The Balaban J connectivity index is 1.32. The van der Waals surface area contributed by atoms with Crippen molar-refractivity contribution in [3.05, 3.63) is 23.3 Å². The van der Waals surface area contributed by atoms with Crippen LogP contribution >= 0.6 is 0 Å². The van der Waals surface area contributed by atoms with Gasteiger partial charge in [0.25, 0.3) is 0 Å². The SMILES string of the molecule is C=C1CC(N)CC1CC1CCC(C2=C(C)CC(C(C)C3CC3)CC2)C1. The molecule has 6 unspecified atom stereocenters. The molecule has 1 nitrogen and oxygen atoms in total. The van der Waals surface area contributed by atoms with E-state index in [1.54, 1.807) is 5.57 Å². The summed E-state index contributed by atoms with van der Waals surface area (Å²) in [6, 6.07) is 0.392. The van der Waals surface area contributed by atoms with Crippen LogP contribution in [0, 0.1) is 35.5 Å². The lowest BCUT2D eigenvalue weighted by molar-refractivity contribution is 0.281. The molecule has 4 aliphatic carbocycles. The fraction of sp³-hybridized carbons (Fsp3) is 0.833. The summed E-state index contributed by atoms with van der Waals surface area (Å²) >= 11 is 0. The van der Waals surface area contributed by atoms with E-state index in [9.17, 15) is 0 Å². The summed E-state index contributed by atoms with van der Waals surface area (Å²) in [5, 5.41) is 0. The van der Waals surface area contributed by atoms with Crippen LogP contribution in [0.3, 0.4) is 0 Å². The molecule has 0 aromatic rings. The van der Waals surface area contributed by atoms with E-state index < -0.39 is 0 Å². The number of hydrogen-bond donors (Lipinski definition) is 1. The third-order valence-corrected chi connectivity index (χ3v) is 8.35. The fourth-order valence-electron chi connectivity index (χ4n) is 6.58. The first-order chi connectivity index (χ1) is 12.0. The van der Waals surface area contributed by atoms with Gasteiger partial charge in [0.1, 0.15) is 0 Å². The second-order valence-corrected chi connectivity index (χ2v) is 10.2. The summed E-state index contributed by atoms with van der Waals surface area (Å²) in [6.45, 7) is 9.30. The molecule has 140 valence electrons. The standard InChI is InChI=1S/C24H39N/c1-15-11-23(25)14-22(15)13-18-4-5-21(12-18)24-9-8-20(10-16(24)2)17(3)19-6-7-19/h17-23H,1,4-14,25H2,2-3H3. The fourth-order valence-corrected chi connectivity index (χ4v) is 6.58. The zero-order valence-corrected chi connectivity index (χ0v) is 16.6. The van der Waals surface area contributed by atoms with Crippen LogP contribution in [0.1, 0.15) is 84.5 Å². The van der Waals surface area contributed by atoms with Crippen molar-refractivity contribution in [3.8, 4) is 0 Å². The number of nitrogens with two attached hydrogens (primary N) is 1. The highest BCUT2D eigenvalue weighted by atomic mass is 14.7. The highest BCUT2D eigenvalue weighted by molar-refractivity contribution is 5.21. The summed E-state index contributed by atoms with van der Waals surface area (Å²) in [5.41, 5.74) is 11.2. The zero-order valence-electron chi connectivity index (χ0n) is 16.6. The van der Waals surface area contributed by atoms with Gasteiger partial charge in [0.15, 0.2) is 0 Å². The Morgan fingerprint density at radius 2 is 1.84 bits per heavy atom. The molecule has 0 amide bonds. The molecule has 0 radical (unpaired) electrons. The van der Waals surface area contributed by atoms with Crippen LogP contribution in [0.15, 0.2) is 23.3 Å². The number of allylic oxidation sites excluding steroid dienone is 2. The molecule has 3 saturated carbocycles. The van der Waals surface area contributed by atoms with Gasteiger partial charge in [-0.2, -0.15) is 0 Å². The zero-order chi connectivity index (χ0) is 17.6. The predicted octanol–water partition coefficient (Wildman–Crippen LogP) is 6.25. The topological polar surface area (TPSA) is 26.0 Å². The first kappa shape index (κ1) is 17.8. The van der Waals surface area contributed by atoms with E-state index in [-0.39, 0.29) is 0 Å². The van der Waals surface area contributed by atoms with Crippen LogP contribution in [0.4, 0.5) is 0 Å². The largest absolute Gasteiger partial charge is 0.327 e. The van der Waals surface area contributed by atoms with E-state index in [0.29, 0.717) is 6.04 Å². The maximum Gasteiger partial charge on any atom is 0.00817 e. The van der Waals surface area contributed by atoms with E-state index >= 15 is 0 Å². The Morgan fingerprint density at radius 1 is 1.04 bits per heavy atom. The molecule has 0 aliphatic heterocycles. The van der Waals surface area contributed by atoms with Crippen LogP contribution < -0.4 is 5.73 Å². The van der Waals surface area contributed by atoms with Gasteiger partial charge in [-0.1, -0.05) is 30.2 Å². The molecule has 6 atom stereocenters. The van der Waals surface area contributed by atoms with Gasteiger partial charge in [-0.15, -0.1) is 0 Å². The summed E-state index contributed by atoms with van der Waals surface area (Å²) in [5.74, 6) is 5.60. The average molecular weight is 342 g/mol. The van der Waals surface area contributed by atoms with Gasteiger partial charge in [-0.25, -0.2) is 0 Å². The molecule has 1 heteroatoms. The van der Waals surface area contributed by atoms with Gasteiger partial charge in [-0.3, -0.25) is 0 Å². The molecule has 0 bridgehead atoms. The summed E-state index contributed by atoms with van der Waals surface area (Å²) in [4.78, 5) is 0. The third kappa shape index (κ3) is 3.92. The quantitative estimate of drug-likeness (QED) is 0.588. The van der Waals surface area contributed by atoms with Crippen LogP contribution in [0.5, 0.6) is 0 Å². The normalized spacial score (nSPS) is 40.8. The van der Waals surface area contributed by atoms with Crippen LogP contribution in [0.2, 0.25) is 0 Å². The summed E-state index contributed by atoms with van der Waals surface area (Å²) in [7, 11) is 0. The number of rotatable bonds is 5. The first-order valence-corrected chi connectivity index (χ1v) is 11.1. The minimum atomic E-state index is 0.392. The lowest BCUT2D eigenvalue weighted by atomic mass is 9.73. The Morgan fingerprint density at radius 3 is 2.48 bits per heavy atom. The predicted molar refractivity (Wildman–Crippen MR) is 107 cm³/mol. The highest BCUT2D eigenvalue weighted by Crippen LogP contribution is 2.49. The highest BCUT2D eigenvalue weighted by Gasteiger charge is 2.37. The second-order valence-electron chi connectivity index (χ2n) is 10.2. The maximum absolute atomic E-state index is 6.15. The Kier molecular flexibility index (Phi) is 5.15. The van der Waals surface area contributed by atoms with E-state index in [0.717, 1.165) is 41.9 Å². The van der Waals surface area contributed by atoms with Crippen molar-refractivity contribution < 1.29 is 0 Å². The van der Waals surface area contributed by atoms with E-state index in [1.807, 2.05) is 5.57 Å². The summed E-state index contributed by atoms with van der Waals surface area (Å²) < 4.78 is 0. The van der Waals surface area contributed by atoms with E-state index in [2.05, 4.69) is 20.4 Å². The van der Waals surface area contributed by atoms with Crippen molar-refractivity contribution in [3.63, 3.8) is 0 Å². The molecule has 0 spiro atoms. The molecule has 4 aliphatic rings. The third-order valence-electron chi connectivity index (χ3n) is 8.35. The molecular formula is C24H39N. The van der Waals surface area contributed by atoms with Crippen molar-refractivity contribution in [2.75, 3.05) is 0 Å². The van der Waals surface area contributed by atoms with Crippen molar-refractivity contribution in [2.24, 2.45) is 41.2 Å². The first-order valence-electron chi connectivity index (χ1n) is 11.1. The van der Waals surface area contributed by atoms with Crippen molar-refractivity contribution in [2.45, 2.75) is 90.5 Å². The molecule has 3 fully saturated rings. The van der Waals surface area contributed by atoms with E-state index in [4.69, 9.17) is 5.73 Å². The Hall–Kier alpha value is -0.560. The second kappa shape index (κ2) is 7.22. The lowest BCUT2D eigenvalue weighted by Gasteiger charge is -2.32. The van der Waals surface area contributed by atoms with Crippen molar-refractivity contribution in [1.82, 2.24) is 0 Å². The van der Waals surface area contributed by atoms with Gasteiger partial charge in [0, 0.05) is 6.04 Å².